The molecule has 2 fully saturated rings. The van der Waals surface area contributed by atoms with Crippen molar-refractivity contribution in [1.82, 2.24) is 0 Å². The molecular weight excluding hydrogens is 855 g/mol. The lowest BCUT2D eigenvalue weighted by atomic mass is 10.1. The number of carbonyl (C=O) groups is 5. The summed E-state index contributed by atoms with van der Waals surface area (Å²) in [5.74, 6) is -3.12. The first-order valence-corrected chi connectivity index (χ1v) is 22.1. The number of benzene rings is 4. The summed E-state index contributed by atoms with van der Waals surface area (Å²) in [4.78, 5) is 61.6. The van der Waals surface area contributed by atoms with E-state index in [0.29, 0.717) is 22.3 Å². The number of aliphatic hydroxyl groups excluding tert-OH is 1. The number of hydrogen-bond donors (Lipinski definition) is 1. The summed E-state index contributed by atoms with van der Waals surface area (Å²) in [6.45, 7) is 15.7. The maximum absolute atomic E-state index is 15.1. The molecule has 11 nitrogen and oxygen atoms in total. The van der Waals surface area contributed by atoms with Gasteiger partial charge in [-0.25, -0.2) is 28.0 Å². The number of hydrogen-bond acceptors (Lipinski definition) is 13. The van der Waals surface area contributed by atoms with Gasteiger partial charge in [-0.3, -0.25) is 4.79 Å². The molecule has 2 unspecified atom stereocenters. The number of halogens is 2. The van der Waals surface area contributed by atoms with Crippen molar-refractivity contribution < 1.29 is 61.5 Å². The van der Waals surface area contributed by atoms with Crippen LogP contribution in [0, 0.1) is 55.4 Å². The molecule has 4 aromatic carbocycles. The molecule has 2 heterocycles. The van der Waals surface area contributed by atoms with Gasteiger partial charge in [-0.1, -0.05) is 68.8 Å². The standard InChI is InChI=1S/C25H27FO6S.C23H25FO5S/c1-13-6-14(2)9-18(8-13)23(28)30-12-20-22(21(26)25(33-20)31-17(5)27)32-24(29)19-10-15(3)7-16(4)11-19;1-12-5-13(2)8-16(7-12)21(25)28-11-18-20(19(24)23(27)30-18)29-22(26)17-9-14(3)6-15(4)10-17/h6-11,20-22,25H,12H2,1-5H3;5-10,18-20,23,27H,11H2,1-4H3/t20-,21+,22-,25?;18-,19+,20-,23?/m11/s1. The van der Waals surface area contributed by atoms with Gasteiger partial charge in [-0.2, -0.15) is 0 Å². The van der Waals surface area contributed by atoms with E-state index in [0.717, 1.165) is 68.0 Å². The highest BCUT2D eigenvalue weighted by molar-refractivity contribution is 8.01. The predicted molar refractivity (Wildman–Crippen MR) is 237 cm³/mol. The van der Waals surface area contributed by atoms with Gasteiger partial charge in [-0.15, -0.1) is 23.5 Å². The van der Waals surface area contributed by atoms with Gasteiger partial charge in [0.2, 0.25) is 0 Å². The normalized spacial score (nSPS) is 22.6. The van der Waals surface area contributed by atoms with Crippen LogP contribution >= 0.6 is 23.5 Å². The zero-order valence-electron chi connectivity index (χ0n) is 36.6. The molecular formula is C48H52F2O11S2. The summed E-state index contributed by atoms with van der Waals surface area (Å²) in [6.07, 6.45) is -6.00. The Morgan fingerprint density at radius 3 is 1.11 bits per heavy atom. The fourth-order valence-corrected chi connectivity index (χ4v) is 9.94. The molecule has 0 saturated carbocycles. The quantitative estimate of drug-likeness (QED) is 0.113. The van der Waals surface area contributed by atoms with Gasteiger partial charge in [-0.05, 0) is 104 Å². The molecule has 2 aliphatic heterocycles. The third-order valence-electron chi connectivity index (χ3n) is 9.87. The lowest BCUT2D eigenvalue weighted by Gasteiger charge is -2.21. The van der Waals surface area contributed by atoms with E-state index < -0.39 is 75.8 Å². The van der Waals surface area contributed by atoms with Gasteiger partial charge in [0.05, 0.1) is 32.8 Å². The summed E-state index contributed by atoms with van der Waals surface area (Å²) >= 11 is 1.86. The molecule has 336 valence electrons. The average Bonchev–Trinajstić information content (AvgIpc) is 3.62. The van der Waals surface area contributed by atoms with E-state index in [9.17, 15) is 33.5 Å². The first-order chi connectivity index (χ1) is 29.7. The summed E-state index contributed by atoms with van der Waals surface area (Å²) < 4.78 is 56.4. The number of rotatable bonds is 11. The minimum absolute atomic E-state index is 0.182. The van der Waals surface area contributed by atoms with E-state index in [1.54, 1.807) is 48.5 Å². The molecule has 2 saturated heterocycles. The van der Waals surface area contributed by atoms with E-state index in [4.69, 9.17) is 23.7 Å². The fraction of sp³-hybridized carbons (Fsp3) is 0.396. The zero-order valence-corrected chi connectivity index (χ0v) is 38.2. The number of ether oxygens (including phenoxy) is 5. The van der Waals surface area contributed by atoms with Gasteiger partial charge in [0.25, 0.3) is 0 Å². The minimum Gasteiger partial charge on any atom is -0.461 e. The summed E-state index contributed by atoms with van der Waals surface area (Å²) in [5, 5.41) is 8.47. The fourth-order valence-electron chi connectivity index (χ4n) is 7.43. The number of aryl methyl sites for hydroxylation is 8. The molecule has 1 N–H and O–H groups in total. The second kappa shape index (κ2) is 21.4. The number of carbonyl (C=O) groups excluding carboxylic acids is 5. The maximum atomic E-state index is 15.1. The van der Waals surface area contributed by atoms with Crippen molar-refractivity contribution in [2.24, 2.45) is 0 Å². The van der Waals surface area contributed by atoms with E-state index in [-0.39, 0.29) is 13.2 Å². The van der Waals surface area contributed by atoms with Gasteiger partial charge < -0.3 is 28.8 Å². The second-order valence-corrected chi connectivity index (χ2v) is 18.8. The SMILES string of the molecule is CC(=O)OC1S[C@H](COC(=O)c2cc(C)cc(C)c2)[C@@H](OC(=O)c2cc(C)cc(C)c2)[C@@H]1F.Cc1cc(C)cc(C(=O)OC[C@H]2SC(O)[C@@H](F)[C@@H]2OC(=O)c2cc(C)cc(C)c2)c1. The Labute approximate surface area is 374 Å². The van der Waals surface area contributed by atoms with Crippen molar-refractivity contribution in [3.8, 4) is 0 Å². The molecule has 63 heavy (non-hydrogen) atoms. The highest BCUT2D eigenvalue weighted by Crippen LogP contribution is 2.40. The van der Waals surface area contributed by atoms with Gasteiger partial charge >= 0.3 is 29.8 Å². The van der Waals surface area contributed by atoms with Crippen LogP contribution in [0.25, 0.3) is 0 Å². The molecule has 6 rings (SSSR count). The highest BCUT2D eigenvalue weighted by Gasteiger charge is 2.50. The Morgan fingerprint density at radius 2 is 0.778 bits per heavy atom. The van der Waals surface area contributed by atoms with Crippen LogP contribution in [0.1, 0.15) is 92.9 Å². The average molecular weight is 907 g/mol. The van der Waals surface area contributed by atoms with Crippen molar-refractivity contribution >= 4 is 53.4 Å². The van der Waals surface area contributed by atoms with E-state index in [2.05, 4.69) is 0 Å². The molecule has 0 radical (unpaired) electrons. The molecule has 15 heteroatoms. The van der Waals surface area contributed by atoms with E-state index in [1.165, 1.54) is 6.92 Å². The largest absolute Gasteiger partial charge is 0.461 e. The topological polar surface area (TPSA) is 152 Å². The number of thioether (sulfide) groups is 2. The molecule has 0 amide bonds. The van der Waals surface area contributed by atoms with Crippen LogP contribution in [0.3, 0.4) is 0 Å². The number of aliphatic hydroxyl groups is 1. The second-order valence-electron chi connectivity index (χ2n) is 16.0. The first-order valence-electron chi connectivity index (χ1n) is 20.2. The van der Waals surface area contributed by atoms with Crippen LogP contribution in [0.2, 0.25) is 0 Å². The van der Waals surface area contributed by atoms with Crippen LogP contribution in [0.15, 0.2) is 72.8 Å². The van der Waals surface area contributed by atoms with Crippen LogP contribution in [0.5, 0.6) is 0 Å². The minimum atomic E-state index is -1.77. The lowest BCUT2D eigenvalue weighted by Crippen LogP contribution is -2.37. The lowest BCUT2D eigenvalue weighted by molar-refractivity contribution is -0.145. The van der Waals surface area contributed by atoms with Crippen molar-refractivity contribution in [2.45, 2.75) is 108 Å². The molecule has 0 aromatic heterocycles. The van der Waals surface area contributed by atoms with Gasteiger partial charge in [0, 0.05) is 6.92 Å². The third kappa shape index (κ3) is 13.4. The first kappa shape index (κ1) is 48.8. The maximum Gasteiger partial charge on any atom is 0.338 e. The molecule has 2 aliphatic rings. The van der Waals surface area contributed by atoms with Crippen LogP contribution < -0.4 is 0 Å². The Balaban J connectivity index is 0.000000239. The van der Waals surface area contributed by atoms with Crippen molar-refractivity contribution in [1.29, 1.82) is 0 Å². The van der Waals surface area contributed by atoms with Crippen molar-refractivity contribution in [2.75, 3.05) is 13.2 Å². The Morgan fingerprint density at radius 1 is 0.476 bits per heavy atom. The Bertz CT molecular complexity index is 2270. The van der Waals surface area contributed by atoms with E-state index in [1.807, 2.05) is 79.7 Å². The monoisotopic (exact) mass is 906 g/mol. The Kier molecular flexibility index (Phi) is 16.6. The Hall–Kier alpha value is -5.25. The molecule has 4 aromatic rings. The summed E-state index contributed by atoms with van der Waals surface area (Å²) in [7, 11) is 0. The van der Waals surface area contributed by atoms with E-state index >= 15 is 4.39 Å². The zero-order chi connectivity index (χ0) is 46.3. The summed E-state index contributed by atoms with van der Waals surface area (Å²) in [6, 6.07) is 21.2. The third-order valence-corrected chi connectivity index (χ3v) is 12.5. The highest BCUT2D eigenvalue weighted by atomic mass is 32.2. The summed E-state index contributed by atoms with van der Waals surface area (Å²) in [5.41, 5.74) is 6.08. The van der Waals surface area contributed by atoms with Crippen molar-refractivity contribution in [3.05, 3.63) is 140 Å². The number of alkyl halides is 2. The smallest absolute Gasteiger partial charge is 0.338 e. The molecule has 0 bridgehead atoms. The predicted octanol–water partition coefficient (Wildman–Crippen LogP) is 8.72. The number of esters is 5. The van der Waals surface area contributed by atoms with Gasteiger partial charge in [0.15, 0.2) is 30.0 Å². The molecule has 8 atom stereocenters. The molecule has 0 spiro atoms. The van der Waals surface area contributed by atoms with Crippen LogP contribution in [-0.2, 0) is 28.5 Å². The van der Waals surface area contributed by atoms with Crippen LogP contribution in [-0.4, -0.2) is 94.1 Å². The van der Waals surface area contributed by atoms with Crippen LogP contribution in [0.4, 0.5) is 8.78 Å². The van der Waals surface area contributed by atoms with Crippen molar-refractivity contribution in [3.63, 3.8) is 0 Å². The van der Waals surface area contributed by atoms with Gasteiger partial charge in [0.1, 0.15) is 18.6 Å². The molecule has 0 aliphatic carbocycles.